The van der Waals surface area contributed by atoms with E-state index in [1.54, 1.807) is 0 Å². The number of carbonyl (C=O) groups is 1. The van der Waals surface area contributed by atoms with Crippen LogP contribution in [0.1, 0.15) is 32.3 Å². The number of para-hydroxylation sites is 1. The molecule has 6 nitrogen and oxygen atoms in total. The first kappa shape index (κ1) is 19.1. The van der Waals surface area contributed by atoms with Crippen LogP contribution < -0.4 is 20.7 Å². The number of ether oxygens (including phenoxy) is 1. The zero-order valence-corrected chi connectivity index (χ0v) is 15.5. The third-order valence-corrected chi connectivity index (χ3v) is 3.94. The molecular formula is C19H30N4O2. The van der Waals surface area contributed by atoms with Gasteiger partial charge in [0.1, 0.15) is 11.9 Å². The Morgan fingerprint density at radius 1 is 1.24 bits per heavy atom. The lowest BCUT2D eigenvalue weighted by Gasteiger charge is -2.16. The molecule has 25 heavy (non-hydrogen) atoms. The molecule has 1 amide bonds. The van der Waals surface area contributed by atoms with E-state index >= 15 is 0 Å². The van der Waals surface area contributed by atoms with Crippen LogP contribution >= 0.6 is 0 Å². The molecule has 0 saturated heterocycles. The summed E-state index contributed by atoms with van der Waals surface area (Å²) >= 11 is 0. The van der Waals surface area contributed by atoms with E-state index in [9.17, 15) is 4.79 Å². The average Bonchev–Trinajstić information content (AvgIpc) is 3.43. The quantitative estimate of drug-likeness (QED) is 0.362. The molecule has 0 aromatic heterocycles. The zero-order valence-electron chi connectivity index (χ0n) is 15.5. The van der Waals surface area contributed by atoms with Crippen molar-refractivity contribution in [1.82, 2.24) is 16.0 Å². The predicted molar refractivity (Wildman–Crippen MR) is 101 cm³/mol. The van der Waals surface area contributed by atoms with Crippen LogP contribution in [0.5, 0.6) is 5.75 Å². The van der Waals surface area contributed by atoms with Gasteiger partial charge in [0.15, 0.2) is 5.96 Å². The van der Waals surface area contributed by atoms with Gasteiger partial charge in [0.05, 0.1) is 6.54 Å². The van der Waals surface area contributed by atoms with Crippen LogP contribution in [0.2, 0.25) is 0 Å². The van der Waals surface area contributed by atoms with Gasteiger partial charge in [0.25, 0.3) is 0 Å². The number of nitrogens with one attached hydrogen (secondary N) is 3. The Morgan fingerprint density at radius 3 is 2.64 bits per heavy atom. The summed E-state index contributed by atoms with van der Waals surface area (Å²) in [6.45, 7) is 8.67. The van der Waals surface area contributed by atoms with Gasteiger partial charge in [-0.3, -0.25) is 4.79 Å². The van der Waals surface area contributed by atoms with Crippen molar-refractivity contribution in [1.29, 1.82) is 0 Å². The van der Waals surface area contributed by atoms with Gasteiger partial charge in [-0.05, 0) is 45.2 Å². The van der Waals surface area contributed by atoms with Crippen LogP contribution in [0, 0.1) is 12.8 Å². The van der Waals surface area contributed by atoms with E-state index in [1.807, 2.05) is 45.0 Å². The third-order valence-electron chi connectivity index (χ3n) is 3.94. The molecule has 1 unspecified atom stereocenters. The average molecular weight is 346 g/mol. The molecule has 0 aliphatic heterocycles. The molecule has 1 aromatic rings. The van der Waals surface area contributed by atoms with Crippen LogP contribution in [0.25, 0.3) is 0 Å². The maximum absolute atomic E-state index is 11.6. The monoisotopic (exact) mass is 346 g/mol. The largest absolute Gasteiger partial charge is 0.489 e. The molecule has 0 radical (unpaired) electrons. The second kappa shape index (κ2) is 9.91. The van der Waals surface area contributed by atoms with Crippen molar-refractivity contribution in [2.24, 2.45) is 10.9 Å². The van der Waals surface area contributed by atoms with Gasteiger partial charge in [0, 0.05) is 25.6 Å². The Balaban J connectivity index is 1.73. The highest BCUT2D eigenvalue weighted by atomic mass is 16.5. The summed E-state index contributed by atoms with van der Waals surface area (Å²) in [4.78, 5) is 16.2. The number of nitrogens with zero attached hydrogens (tertiary/aromatic N) is 1. The molecule has 1 atom stereocenters. The summed E-state index contributed by atoms with van der Waals surface area (Å²) in [6.07, 6.45) is 2.04. The summed E-state index contributed by atoms with van der Waals surface area (Å²) in [5.74, 6) is 2.06. The highest BCUT2D eigenvalue weighted by Gasteiger charge is 2.28. The van der Waals surface area contributed by atoms with Gasteiger partial charge in [-0.25, -0.2) is 4.99 Å². The second-order valence-corrected chi connectivity index (χ2v) is 6.41. The molecule has 2 rings (SSSR count). The van der Waals surface area contributed by atoms with Gasteiger partial charge in [-0.15, -0.1) is 0 Å². The Morgan fingerprint density at radius 2 is 1.96 bits per heavy atom. The normalized spacial score (nSPS) is 15.4. The van der Waals surface area contributed by atoms with E-state index < -0.39 is 0 Å². The lowest BCUT2D eigenvalue weighted by atomic mass is 10.2. The standard InChI is InChI=1S/C19H30N4O2/c1-4-20-19(22-12-11-21-18(24)16-9-10-16)23-13-15(3)25-17-8-6-5-7-14(17)2/h5-8,15-16H,4,9-13H2,1-3H3,(H,21,24)(H2,20,22,23). The SMILES string of the molecule is CCNC(=NCC(C)Oc1ccccc1C)NCCNC(=O)C1CC1. The molecule has 3 N–H and O–H groups in total. The van der Waals surface area contributed by atoms with E-state index in [-0.39, 0.29) is 17.9 Å². The molecular weight excluding hydrogens is 316 g/mol. The van der Waals surface area contributed by atoms with E-state index in [0.717, 1.165) is 36.7 Å². The maximum Gasteiger partial charge on any atom is 0.223 e. The minimum Gasteiger partial charge on any atom is -0.489 e. The van der Waals surface area contributed by atoms with Crippen molar-refractivity contribution in [2.45, 2.75) is 39.7 Å². The summed E-state index contributed by atoms with van der Waals surface area (Å²) in [7, 11) is 0. The predicted octanol–water partition coefficient (Wildman–Crippen LogP) is 1.84. The van der Waals surface area contributed by atoms with Crippen LogP contribution in [0.4, 0.5) is 0 Å². The smallest absolute Gasteiger partial charge is 0.223 e. The summed E-state index contributed by atoms with van der Waals surface area (Å²) < 4.78 is 5.94. The lowest BCUT2D eigenvalue weighted by Crippen LogP contribution is -2.42. The topological polar surface area (TPSA) is 74.8 Å². The van der Waals surface area contributed by atoms with Crippen LogP contribution in [-0.4, -0.2) is 44.1 Å². The molecule has 0 heterocycles. The highest BCUT2D eigenvalue weighted by Crippen LogP contribution is 2.28. The van der Waals surface area contributed by atoms with Gasteiger partial charge in [0.2, 0.25) is 5.91 Å². The molecule has 138 valence electrons. The Hall–Kier alpha value is -2.24. The van der Waals surface area contributed by atoms with E-state index in [0.29, 0.717) is 19.6 Å². The van der Waals surface area contributed by atoms with Crippen molar-refractivity contribution in [3.63, 3.8) is 0 Å². The second-order valence-electron chi connectivity index (χ2n) is 6.41. The van der Waals surface area contributed by atoms with E-state index in [4.69, 9.17) is 4.74 Å². The van der Waals surface area contributed by atoms with Crippen LogP contribution in [0.3, 0.4) is 0 Å². The lowest BCUT2D eigenvalue weighted by molar-refractivity contribution is -0.122. The van der Waals surface area contributed by atoms with Crippen molar-refractivity contribution in [3.05, 3.63) is 29.8 Å². The van der Waals surface area contributed by atoms with Crippen molar-refractivity contribution in [2.75, 3.05) is 26.2 Å². The number of hydrogen-bond acceptors (Lipinski definition) is 3. The van der Waals surface area contributed by atoms with Crippen molar-refractivity contribution >= 4 is 11.9 Å². The van der Waals surface area contributed by atoms with E-state index in [1.165, 1.54) is 0 Å². The molecule has 0 spiro atoms. The summed E-state index contributed by atoms with van der Waals surface area (Å²) in [5.41, 5.74) is 1.12. The molecule has 1 fully saturated rings. The number of aliphatic imine (C=N–C) groups is 1. The van der Waals surface area contributed by atoms with Gasteiger partial charge in [-0.2, -0.15) is 0 Å². The zero-order chi connectivity index (χ0) is 18.1. The number of aryl methyl sites for hydroxylation is 1. The molecule has 0 bridgehead atoms. The maximum atomic E-state index is 11.6. The molecule has 1 aliphatic rings. The first-order valence-corrected chi connectivity index (χ1v) is 9.12. The number of guanidine groups is 1. The molecule has 1 aliphatic carbocycles. The Kier molecular flexibility index (Phi) is 7.57. The fourth-order valence-electron chi connectivity index (χ4n) is 2.36. The minimum atomic E-state index is -0.0221. The molecule has 1 saturated carbocycles. The fraction of sp³-hybridized carbons (Fsp3) is 0.579. The molecule has 6 heteroatoms. The van der Waals surface area contributed by atoms with Crippen molar-refractivity contribution in [3.8, 4) is 5.75 Å². The number of rotatable bonds is 9. The van der Waals surface area contributed by atoms with Crippen LogP contribution in [-0.2, 0) is 4.79 Å². The number of carbonyl (C=O) groups excluding carboxylic acids is 1. The fourth-order valence-corrected chi connectivity index (χ4v) is 2.36. The van der Waals surface area contributed by atoms with Gasteiger partial charge < -0.3 is 20.7 Å². The first-order valence-electron chi connectivity index (χ1n) is 9.12. The van der Waals surface area contributed by atoms with Gasteiger partial charge >= 0.3 is 0 Å². The van der Waals surface area contributed by atoms with E-state index in [2.05, 4.69) is 20.9 Å². The van der Waals surface area contributed by atoms with Crippen molar-refractivity contribution < 1.29 is 9.53 Å². The number of amides is 1. The number of benzene rings is 1. The number of hydrogen-bond donors (Lipinski definition) is 3. The Labute approximate surface area is 150 Å². The summed E-state index contributed by atoms with van der Waals surface area (Å²) in [6, 6.07) is 7.98. The van der Waals surface area contributed by atoms with Gasteiger partial charge in [-0.1, -0.05) is 18.2 Å². The highest BCUT2D eigenvalue weighted by molar-refractivity contribution is 5.81. The molecule has 1 aromatic carbocycles. The summed E-state index contributed by atoms with van der Waals surface area (Å²) in [5, 5.41) is 9.38. The minimum absolute atomic E-state index is 0.0221. The Bertz CT molecular complexity index is 585. The first-order chi connectivity index (χ1) is 12.1. The van der Waals surface area contributed by atoms with Crippen LogP contribution in [0.15, 0.2) is 29.3 Å². The third kappa shape index (κ3) is 7.03.